The fourth-order valence-electron chi connectivity index (χ4n) is 3.70. The zero-order valence-electron chi connectivity index (χ0n) is 18.8. The molecule has 0 aromatic heterocycles. The van der Waals surface area contributed by atoms with Crippen LogP contribution in [0.2, 0.25) is 0 Å². The molecule has 1 fully saturated rings. The maximum absolute atomic E-state index is 12.7. The maximum atomic E-state index is 12.7. The maximum Gasteiger partial charge on any atom is 0.338 e. The number of hydrogen-bond acceptors (Lipinski definition) is 8. The van der Waals surface area contributed by atoms with Gasteiger partial charge in [-0.15, -0.1) is 0 Å². The first kappa shape index (κ1) is 24.6. The van der Waals surface area contributed by atoms with Crippen molar-refractivity contribution in [1.82, 2.24) is 0 Å². The molecule has 4 rings (SSSR count). The van der Waals surface area contributed by atoms with Crippen LogP contribution < -0.4 is 0 Å². The molecule has 1 aliphatic rings. The standard InChI is InChI=1S/C27H26O8/c28-22-21(17-32-16-18-10-4-1-5-11-18)33-27(31)24(35-26(30)20-14-8-3-9-15-20)23(22)34-25(29)19-12-6-2-7-13-19/h1-15,21-24,27-28,31H,16-17H2/t21-,22+,23+,24-,27-/m1/s1. The number of aliphatic hydroxyl groups is 2. The number of hydrogen-bond donors (Lipinski definition) is 2. The normalized spacial score (nSPS) is 23.9. The van der Waals surface area contributed by atoms with Gasteiger partial charge in [0, 0.05) is 0 Å². The summed E-state index contributed by atoms with van der Waals surface area (Å²) in [5, 5.41) is 21.7. The van der Waals surface area contributed by atoms with Crippen LogP contribution in [0, 0.1) is 0 Å². The van der Waals surface area contributed by atoms with E-state index in [0.29, 0.717) is 0 Å². The van der Waals surface area contributed by atoms with E-state index in [2.05, 4.69) is 0 Å². The van der Waals surface area contributed by atoms with Crippen LogP contribution in [0.25, 0.3) is 0 Å². The summed E-state index contributed by atoms with van der Waals surface area (Å²) in [4.78, 5) is 25.4. The second-order valence-corrected chi connectivity index (χ2v) is 8.03. The van der Waals surface area contributed by atoms with E-state index in [1.54, 1.807) is 60.7 Å². The first-order chi connectivity index (χ1) is 17.0. The van der Waals surface area contributed by atoms with Gasteiger partial charge in [0.25, 0.3) is 0 Å². The van der Waals surface area contributed by atoms with Crippen molar-refractivity contribution in [2.45, 2.75) is 37.3 Å². The van der Waals surface area contributed by atoms with Crippen molar-refractivity contribution >= 4 is 11.9 Å². The lowest BCUT2D eigenvalue weighted by Crippen LogP contribution is -2.61. The molecule has 8 nitrogen and oxygen atoms in total. The van der Waals surface area contributed by atoms with Gasteiger partial charge in [-0.25, -0.2) is 9.59 Å². The lowest BCUT2D eigenvalue weighted by atomic mass is 9.98. The Kier molecular flexibility index (Phi) is 8.23. The first-order valence-electron chi connectivity index (χ1n) is 11.2. The van der Waals surface area contributed by atoms with E-state index in [1.807, 2.05) is 30.3 Å². The van der Waals surface area contributed by atoms with Crippen LogP contribution in [0.5, 0.6) is 0 Å². The van der Waals surface area contributed by atoms with Gasteiger partial charge in [0.15, 0.2) is 18.5 Å². The van der Waals surface area contributed by atoms with Gasteiger partial charge in [-0.1, -0.05) is 66.7 Å². The van der Waals surface area contributed by atoms with Crippen molar-refractivity contribution in [2.24, 2.45) is 0 Å². The van der Waals surface area contributed by atoms with Crippen LogP contribution in [-0.4, -0.2) is 59.5 Å². The third-order valence-electron chi connectivity index (χ3n) is 5.54. The Balaban J connectivity index is 1.49. The fourth-order valence-corrected chi connectivity index (χ4v) is 3.70. The summed E-state index contributed by atoms with van der Waals surface area (Å²) in [5.74, 6) is -1.50. The van der Waals surface area contributed by atoms with Crippen molar-refractivity contribution < 1.29 is 38.7 Å². The topological polar surface area (TPSA) is 112 Å². The minimum absolute atomic E-state index is 0.0914. The highest BCUT2D eigenvalue weighted by Crippen LogP contribution is 2.27. The molecular formula is C27H26O8. The van der Waals surface area contributed by atoms with Crippen LogP contribution in [0.4, 0.5) is 0 Å². The monoisotopic (exact) mass is 478 g/mol. The van der Waals surface area contributed by atoms with E-state index in [0.717, 1.165) is 5.56 Å². The fraction of sp³-hybridized carbons (Fsp3) is 0.259. The van der Waals surface area contributed by atoms with E-state index < -0.39 is 42.6 Å². The highest BCUT2D eigenvalue weighted by Gasteiger charge is 2.49. The molecule has 0 amide bonds. The summed E-state index contributed by atoms with van der Waals surface area (Å²) >= 11 is 0. The second kappa shape index (κ2) is 11.7. The molecule has 0 radical (unpaired) electrons. The largest absolute Gasteiger partial charge is 0.452 e. The number of carbonyl (C=O) groups excluding carboxylic acids is 2. The summed E-state index contributed by atoms with van der Waals surface area (Å²) in [6, 6.07) is 25.7. The Bertz CT molecular complexity index is 1090. The molecule has 5 atom stereocenters. The molecular weight excluding hydrogens is 452 g/mol. The van der Waals surface area contributed by atoms with Crippen LogP contribution in [0.1, 0.15) is 26.3 Å². The van der Waals surface area contributed by atoms with Gasteiger partial charge in [-0.2, -0.15) is 0 Å². The SMILES string of the molecule is O=C(O[C@@H]1[C@@H](OC(=O)c2ccccc2)[C@@H](O)[C@@H](COCc2ccccc2)O[C@H]1O)c1ccccc1. The quantitative estimate of drug-likeness (QED) is 0.476. The van der Waals surface area contributed by atoms with E-state index >= 15 is 0 Å². The Hall–Kier alpha value is -3.56. The van der Waals surface area contributed by atoms with Crippen molar-refractivity contribution in [3.8, 4) is 0 Å². The molecule has 1 aliphatic heterocycles. The van der Waals surface area contributed by atoms with Crippen LogP contribution in [-0.2, 0) is 25.6 Å². The molecule has 0 saturated carbocycles. The summed E-state index contributed by atoms with van der Waals surface area (Å²) in [6.07, 6.45) is -6.99. The summed E-state index contributed by atoms with van der Waals surface area (Å²) in [5.41, 5.74) is 1.39. The number of esters is 2. The zero-order valence-corrected chi connectivity index (χ0v) is 18.8. The molecule has 1 heterocycles. The van der Waals surface area contributed by atoms with Crippen LogP contribution in [0.15, 0.2) is 91.0 Å². The van der Waals surface area contributed by atoms with Gasteiger partial charge in [-0.3, -0.25) is 0 Å². The third kappa shape index (κ3) is 6.32. The Labute approximate surface area is 202 Å². The molecule has 3 aromatic carbocycles. The molecule has 182 valence electrons. The first-order valence-corrected chi connectivity index (χ1v) is 11.2. The van der Waals surface area contributed by atoms with Gasteiger partial charge < -0.3 is 29.2 Å². The smallest absolute Gasteiger partial charge is 0.338 e. The summed E-state index contributed by atoms with van der Waals surface area (Å²) < 4.78 is 22.2. The number of carbonyl (C=O) groups is 2. The minimum atomic E-state index is -1.66. The molecule has 0 spiro atoms. The van der Waals surface area contributed by atoms with E-state index in [9.17, 15) is 19.8 Å². The molecule has 0 unspecified atom stereocenters. The highest BCUT2D eigenvalue weighted by atomic mass is 16.7. The van der Waals surface area contributed by atoms with Crippen LogP contribution >= 0.6 is 0 Å². The molecule has 0 bridgehead atoms. The number of rotatable bonds is 8. The van der Waals surface area contributed by atoms with E-state index in [-0.39, 0.29) is 24.3 Å². The van der Waals surface area contributed by atoms with E-state index in [1.165, 1.54) is 0 Å². The van der Waals surface area contributed by atoms with Gasteiger partial charge in [-0.05, 0) is 29.8 Å². The molecule has 2 N–H and O–H groups in total. The van der Waals surface area contributed by atoms with Crippen molar-refractivity contribution in [3.05, 3.63) is 108 Å². The van der Waals surface area contributed by atoms with Crippen LogP contribution in [0.3, 0.4) is 0 Å². The van der Waals surface area contributed by atoms with E-state index in [4.69, 9.17) is 18.9 Å². The molecule has 35 heavy (non-hydrogen) atoms. The predicted molar refractivity (Wildman–Crippen MR) is 124 cm³/mol. The molecule has 3 aromatic rings. The minimum Gasteiger partial charge on any atom is -0.452 e. The van der Waals surface area contributed by atoms with Crippen molar-refractivity contribution in [3.63, 3.8) is 0 Å². The second-order valence-electron chi connectivity index (χ2n) is 8.03. The average molecular weight is 478 g/mol. The van der Waals surface area contributed by atoms with Crippen molar-refractivity contribution in [2.75, 3.05) is 6.61 Å². The summed E-state index contributed by atoms with van der Waals surface area (Å²) in [7, 11) is 0. The third-order valence-corrected chi connectivity index (χ3v) is 5.54. The highest BCUT2D eigenvalue weighted by molar-refractivity contribution is 5.90. The van der Waals surface area contributed by atoms with Gasteiger partial charge >= 0.3 is 11.9 Å². The molecule has 8 heteroatoms. The lowest BCUT2D eigenvalue weighted by Gasteiger charge is -2.41. The lowest BCUT2D eigenvalue weighted by molar-refractivity contribution is -0.287. The number of aliphatic hydroxyl groups excluding tert-OH is 2. The Morgan fingerprint density at radius 1 is 0.714 bits per heavy atom. The Morgan fingerprint density at radius 2 is 1.20 bits per heavy atom. The number of ether oxygens (including phenoxy) is 4. The van der Waals surface area contributed by atoms with Gasteiger partial charge in [0.1, 0.15) is 12.2 Å². The Morgan fingerprint density at radius 3 is 1.74 bits per heavy atom. The number of benzene rings is 3. The molecule has 0 aliphatic carbocycles. The van der Waals surface area contributed by atoms with Crippen molar-refractivity contribution in [1.29, 1.82) is 0 Å². The molecule has 1 saturated heterocycles. The average Bonchev–Trinajstić information content (AvgIpc) is 2.90. The predicted octanol–water partition coefficient (Wildman–Crippen LogP) is 2.73. The summed E-state index contributed by atoms with van der Waals surface area (Å²) in [6.45, 7) is 0.163. The zero-order chi connectivity index (χ0) is 24.6. The van der Waals surface area contributed by atoms with Gasteiger partial charge in [0.2, 0.25) is 0 Å². The van der Waals surface area contributed by atoms with Gasteiger partial charge in [0.05, 0.1) is 24.3 Å².